The molecular formula is C15H23NO2S. The Balaban J connectivity index is 1.81. The first-order chi connectivity index (χ1) is 9.22. The molecule has 1 aromatic rings. The van der Waals surface area contributed by atoms with Crippen LogP contribution < -0.4 is 10.1 Å². The molecule has 2 atom stereocenters. The first-order valence-corrected chi connectivity index (χ1v) is 7.98. The Labute approximate surface area is 119 Å². The summed E-state index contributed by atoms with van der Waals surface area (Å²) in [6.45, 7) is 3.04. The summed E-state index contributed by atoms with van der Waals surface area (Å²) in [7, 11) is 1.57. The van der Waals surface area contributed by atoms with Crippen LogP contribution in [0.4, 0.5) is 0 Å². The average molecular weight is 281 g/mol. The van der Waals surface area contributed by atoms with E-state index in [4.69, 9.17) is 4.74 Å². The minimum atomic E-state index is 0.215. The lowest BCUT2D eigenvalue weighted by atomic mass is 10.1. The van der Waals surface area contributed by atoms with E-state index in [9.17, 15) is 5.11 Å². The van der Waals surface area contributed by atoms with Gasteiger partial charge in [-0.3, -0.25) is 0 Å². The van der Waals surface area contributed by atoms with E-state index in [1.807, 2.05) is 12.1 Å². The molecule has 2 rings (SSSR count). The molecule has 106 valence electrons. The Morgan fingerprint density at radius 2 is 2.26 bits per heavy atom. The zero-order valence-corrected chi connectivity index (χ0v) is 12.5. The molecule has 0 bridgehead atoms. The lowest BCUT2D eigenvalue weighted by Gasteiger charge is -2.13. The summed E-state index contributed by atoms with van der Waals surface area (Å²) in [5.74, 6) is 1.96. The Morgan fingerprint density at radius 1 is 1.42 bits per heavy atom. The van der Waals surface area contributed by atoms with Crippen LogP contribution in [0.15, 0.2) is 18.2 Å². The van der Waals surface area contributed by atoms with Gasteiger partial charge in [0.25, 0.3) is 0 Å². The summed E-state index contributed by atoms with van der Waals surface area (Å²) >= 11 is 2.08. The first-order valence-electron chi connectivity index (χ1n) is 6.93. The van der Waals surface area contributed by atoms with Crippen molar-refractivity contribution in [1.82, 2.24) is 5.32 Å². The molecule has 2 N–H and O–H groups in total. The normalized spacial score (nSPS) is 22.6. The van der Waals surface area contributed by atoms with Crippen LogP contribution >= 0.6 is 11.8 Å². The van der Waals surface area contributed by atoms with Crippen molar-refractivity contribution >= 4 is 11.8 Å². The highest BCUT2D eigenvalue weighted by molar-refractivity contribution is 7.99. The molecule has 3 nitrogen and oxygen atoms in total. The quantitative estimate of drug-likeness (QED) is 0.840. The highest BCUT2D eigenvalue weighted by Gasteiger charge is 2.23. The molecule has 1 fully saturated rings. The molecule has 19 heavy (non-hydrogen) atoms. The highest BCUT2D eigenvalue weighted by atomic mass is 32.2. The van der Waals surface area contributed by atoms with Crippen molar-refractivity contribution in [1.29, 1.82) is 0 Å². The zero-order valence-electron chi connectivity index (χ0n) is 11.7. The summed E-state index contributed by atoms with van der Waals surface area (Å²) in [6, 6.07) is 6.21. The number of benzene rings is 1. The van der Waals surface area contributed by atoms with Gasteiger partial charge in [-0.1, -0.05) is 13.0 Å². The smallest absolute Gasteiger partial charge is 0.160 e. The molecule has 2 unspecified atom stereocenters. The highest BCUT2D eigenvalue weighted by Crippen LogP contribution is 2.30. The third-order valence-electron chi connectivity index (χ3n) is 3.63. The Morgan fingerprint density at radius 3 is 2.95 bits per heavy atom. The fourth-order valence-corrected chi connectivity index (χ4v) is 3.76. The van der Waals surface area contributed by atoms with Crippen molar-refractivity contribution in [3.63, 3.8) is 0 Å². The number of ether oxygens (including phenoxy) is 1. The van der Waals surface area contributed by atoms with Crippen LogP contribution in [0.25, 0.3) is 0 Å². The Kier molecular flexibility index (Phi) is 5.40. The van der Waals surface area contributed by atoms with Gasteiger partial charge in [-0.15, -0.1) is 0 Å². The van der Waals surface area contributed by atoms with Gasteiger partial charge in [0.1, 0.15) is 0 Å². The first kappa shape index (κ1) is 14.5. The van der Waals surface area contributed by atoms with Gasteiger partial charge in [-0.05, 0) is 42.7 Å². The molecule has 1 aromatic carbocycles. The fraction of sp³-hybridized carbons (Fsp3) is 0.600. The van der Waals surface area contributed by atoms with Gasteiger partial charge in [0, 0.05) is 17.8 Å². The molecule has 1 aliphatic carbocycles. The molecule has 0 aromatic heterocycles. The summed E-state index contributed by atoms with van der Waals surface area (Å²) in [6.07, 6.45) is 3.85. The van der Waals surface area contributed by atoms with Crippen molar-refractivity contribution in [2.24, 2.45) is 0 Å². The largest absolute Gasteiger partial charge is 0.504 e. The number of thioether (sulfide) groups is 1. The standard InChI is InChI=1S/C15H23NO2S/c1-3-19-13-6-5-12(9-13)16-10-11-4-7-15(18-2)14(17)8-11/h4,7-8,12-13,16-17H,3,5-6,9-10H2,1-2H3. The Bertz CT molecular complexity index is 411. The second-order valence-electron chi connectivity index (χ2n) is 4.97. The second kappa shape index (κ2) is 7.06. The number of hydrogen-bond donors (Lipinski definition) is 2. The predicted octanol–water partition coefficient (Wildman–Crippen LogP) is 3.16. The third kappa shape index (κ3) is 4.05. The third-order valence-corrected chi connectivity index (χ3v) is 4.86. The molecule has 1 saturated carbocycles. The molecule has 0 amide bonds. The van der Waals surface area contributed by atoms with Crippen molar-refractivity contribution in [2.75, 3.05) is 12.9 Å². The minimum absolute atomic E-state index is 0.215. The molecule has 0 saturated heterocycles. The van der Waals surface area contributed by atoms with Crippen molar-refractivity contribution in [3.05, 3.63) is 23.8 Å². The van der Waals surface area contributed by atoms with Crippen molar-refractivity contribution < 1.29 is 9.84 Å². The number of hydrogen-bond acceptors (Lipinski definition) is 4. The van der Waals surface area contributed by atoms with Crippen LogP contribution in [0.3, 0.4) is 0 Å². The lowest BCUT2D eigenvalue weighted by molar-refractivity contribution is 0.372. The number of phenolic OH excluding ortho intramolecular Hbond substituents is 1. The van der Waals surface area contributed by atoms with E-state index >= 15 is 0 Å². The van der Waals surface area contributed by atoms with E-state index in [-0.39, 0.29) is 5.75 Å². The van der Waals surface area contributed by atoms with Crippen LogP contribution in [0.5, 0.6) is 11.5 Å². The lowest BCUT2D eigenvalue weighted by Crippen LogP contribution is -2.26. The van der Waals surface area contributed by atoms with Crippen LogP contribution in [0.2, 0.25) is 0 Å². The van der Waals surface area contributed by atoms with E-state index in [0.717, 1.165) is 17.4 Å². The minimum Gasteiger partial charge on any atom is -0.504 e. The van der Waals surface area contributed by atoms with Crippen LogP contribution in [-0.2, 0) is 6.54 Å². The maximum absolute atomic E-state index is 9.74. The Hall–Kier alpha value is -0.870. The van der Waals surface area contributed by atoms with E-state index in [1.165, 1.54) is 25.0 Å². The van der Waals surface area contributed by atoms with Gasteiger partial charge in [-0.25, -0.2) is 0 Å². The summed E-state index contributed by atoms with van der Waals surface area (Å²) < 4.78 is 5.05. The summed E-state index contributed by atoms with van der Waals surface area (Å²) in [5.41, 5.74) is 1.10. The van der Waals surface area contributed by atoms with Gasteiger partial charge < -0.3 is 15.2 Å². The maximum Gasteiger partial charge on any atom is 0.160 e. The van der Waals surface area contributed by atoms with E-state index in [1.54, 1.807) is 13.2 Å². The number of aromatic hydroxyl groups is 1. The predicted molar refractivity (Wildman–Crippen MR) is 81.1 cm³/mol. The van der Waals surface area contributed by atoms with Crippen molar-refractivity contribution in [2.45, 2.75) is 44.0 Å². The van der Waals surface area contributed by atoms with Crippen LogP contribution in [0, 0.1) is 0 Å². The van der Waals surface area contributed by atoms with E-state index in [0.29, 0.717) is 11.8 Å². The van der Waals surface area contributed by atoms with Crippen LogP contribution in [-0.4, -0.2) is 29.3 Å². The topological polar surface area (TPSA) is 41.5 Å². The van der Waals surface area contributed by atoms with Gasteiger partial charge in [0.2, 0.25) is 0 Å². The summed E-state index contributed by atoms with van der Waals surface area (Å²) in [5, 5.41) is 14.2. The number of rotatable bonds is 6. The average Bonchev–Trinajstić information content (AvgIpc) is 2.85. The molecule has 1 aliphatic rings. The molecule has 0 spiro atoms. The number of phenols is 1. The fourth-order valence-electron chi connectivity index (χ4n) is 2.62. The van der Waals surface area contributed by atoms with E-state index in [2.05, 4.69) is 24.0 Å². The molecule has 4 heteroatoms. The van der Waals surface area contributed by atoms with Gasteiger partial charge in [0.15, 0.2) is 11.5 Å². The molecule has 0 aliphatic heterocycles. The van der Waals surface area contributed by atoms with Gasteiger partial charge in [-0.2, -0.15) is 11.8 Å². The van der Waals surface area contributed by atoms with Crippen LogP contribution in [0.1, 0.15) is 31.7 Å². The van der Waals surface area contributed by atoms with Gasteiger partial charge in [0.05, 0.1) is 7.11 Å². The number of nitrogens with one attached hydrogen (secondary N) is 1. The molecule has 0 heterocycles. The molecular weight excluding hydrogens is 258 g/mol. The number of methoxy groups -OCH3 is 1. The SMILES string of the molecule is CCSC1CCC(NCc2ccc(OC)c(O)c2)C1. The molecule has 0 radical (unpaired) electrons. The monoisotopic (exact) mass is 281 g/mol. The summed E-state index contributed by atoms with van der Waals surface area (Å²) in [4.78, 5) is 0. The maximum atomic E-state index is 9.74. The van der Waals surface area contributed by atoms with E-state index < -0.39 is 0 Å². The van der Waals surface area contributed by atoms with Gasteiger partial charge >= 0.3 is 0 Å². The second-order valence-corrected chi connectivity index (χ2v) is 6.55. The van der Waals surface area contributed by atoms with Crippen molar-refractivity contribution in [3.8, 4) is 11.5 Å². The zero-order chi connectivity index (χ0) is 13.7.